The van der Waals surface area contributed by atoms with Crippen LogP contribution in [0.25, 0.3) is 22.2 Å². The molecule has 3 heterocycles. The zero-order chi connectivity index (χ0) is 10.5. The fraction of sp³-hybridized carbons (Fsp3) is 0. The molecule has 0 unspecified atom stereocenters. The van der Waals surface area contributed by atoms with Crippen molar-refractivity contribution < 1.29 is 0 Å². The number of nitrogens with zero attached hydrogens (tertiary/aromatic N) is 2. The van der Waals surface area contributed by atoms with Gasteiger partial charge in [0, 0.05) is 22.0 Å². The SMILES string of the molecule is c1cnc2c(c1)-c1n[nH]c3cccc(c13)S2. The van der Waals surface area contributed by atoms with Crippen LogP contribution < -0.4 is 0 Å². The Bertz CT molecular complexity index is 702. The molecule has 0 saturated heterocycles. The number of H-pyrrole nitrogens is 1. The highest BCUT2D eigenvalue weighted by atomic mass is 32.2. The van der Waals surface area contributed by atoms with E-state index in [9.17, 15) is 0 Å². The fourth-order valence-corrected chi connectivity index (χ4v) is 3.13. The van der Waals surface area contributed by atoms with E-state index in [1.165, 1.54) is 10.3 Å². The lowest BCUT2D eigenvalue weighted by Crippen LogP contribution is -1.92. The van der Waals surface area contributed by atoms with Crippen LogP contribution in [0.2, 0.25) is 0 Å². The highest BCUT2D eigenvalue weighted by Crippen LogP contribution is 2.45. The van der Waals surface area contributed by atoms with Gasteiger partial charge in [-0.1, -0.05) is 17.8 Å². The number of hydrogen-bond acceptors (Lipinski definition) is 3. The first-order valence-electron chi connectivity index (χ1n) is 5.04. The highest BCUT2D eigenvalue weighted by Gasteiger charge is 2.21. The molecule has 0 fully saturated rings. The second-order valence-corrected chi connectivity index (χ2v) is 4.74. The average molecular weight is 225 g/mol. The maximum absolute atomic E-state index is 4.39. The van der Waals surface area contributed by atoms with Crippen molar-refractivity contribution in [3.05, 3.63) is 36.5 Å². The van der Waals surface area contributed by atoms with Crippen molar-refractivity contribution in [1.82, 2.24) is 15.2 Å². The van der Waals surface area contributed by atoms with E-state index in [2.05, 4.69) is 33.4 Å². The molecule has 0 amide bonds. The van der Waals surface area contributed by atoms with E-state index in [0.717, 1.165) is 21.8 Å². The fourth-order valence-electron chi connectivity index (χ4n) is 2.08. The summed E-state index contributed by atoms with van der Waals surface area (Å²) in [4.78, 5) is 5.62. The predicted molar refractivity (Wildman–Crippen MR) is 63.4 cm³/mol. The van der Waals surface area contributed by atoms with Crippen LogP contribution in [0.5, 0.6) is 0 Å². The van der Waals surface area contributed by atoms with Crippen LogP contribution in [-0.2, 0) is 0 Å². The molecule has 3 aromatic rings. The van der Waals surface area contributed by atoms with Crippen LogP contribution in [0.15, 0.2) is 46.5 Å². The van der Waals surface area contributed by atoms with Crippen molar-refractivity contribution in [3.63, 3.8) is 0 Å². The van der Waals surface area contributed by atoms with Crippen molar-refractivity contribution in [2.75, 3.05) is 0 Å². The van der Waals surface area contributed by atoms with Gasteiger partial charge in [0.05, 0.1) is 5.52 Å². The third-order valence-corrected chi connectivity index (χ3v) is 3.86. The predicted octanol–water partition coefficient (Wildman–Crippen LogP) is 3.09. The van der Waals surface area contributed by atoms with Gasteiger partial charge in [0.25, 0.3) is 0 Å². The summed E-state index contributed by atoms with van der Waals surface area (Å²) in [6.45, 7) is 0. The molecule has 0 bridgehead atoms. The van der Waals surface area contributed by atoms with E-state index in [0.29, 0.717) is 0 Å². The Labute approximate surface area is 95.9 Å². The molecule has 1 aliphatic heterocycles. The van der Waals surface area contributed by atoms with Crippen molar-refractivity contribution in [3.8, 4) is 11.3 Å². The molecular weight excluding hydrogens is 218 g/mol. The van der Waals surface area contributed by atoms with Gasteiger partial charge in [-0.05, 0) is 24.3 Å². The summed E-state index contributed by atoms with van der Waals surface area (Å²) in [7, 11) is 0. The van der Waals surface area contributed by atoms with Crippen LogP contribution in [0.4, 0.5) is 0 Å². The molecule has 0 atom stereocenters. The summed E-state index contributed by atoms with van der Waals surface area (Å²) in [5, 5.41) is 9.71. The molecule has 76 valence electrons. The van der Waals surface area contributed by atoms with E-state index in [-0.39, 0.29) is 0 Å². The first-order valence-corrected chi connectivity index (χ1v) is 5.85. The molecule has 16 heavy (non-hydrogen) atoms. The highest BCUT2D eigenvalue weighted by molar-refractivity contribution is 7.99. The van der Waals surface area contributed by atoms with Gasteiger partial charge in [0.1, 0.15) is 10.7 Å². The maximum Gasteiger partial charge on any atom is 0.110 e. The maximum atomic E-state index is 4.39. The Kier molecular flexibility index (Phi) is 1.49. The first kappa shape index (κ1) is 8.35. The average Bonchev–Trinajstić information content (AvgIpc) is 2.76. The molecule has 0 aliphatic carbocycles. The second kappa shape index (κ2) is 2.86. The molecule has 1 aliphatic rings. The first-order chi connectivity index (χ1) is 7.93. The molecular formula is C12H7N3S. The monoisotopic (exact) mass is 225 g/mol. The smallest absolute Gasteiger partial charge is 0.110 e. The molecule has 1 N–H and O–H groups in total. The summed E-state index contributed by atoms with van der Waals surface area (Å²) >= 11 is 1.71. The van der Waals surface area contributed by atoms with Crippen LogP contribution in [0.1, 0.15) is 0 Å². The van der Waals surface area contributed by atoms with E-state index in [4.69, 9.17) is 0 Å². The Balaban J connectivity index is 2.21. The standard InChI is InChI=1S/C12H7N3S/c1-4-8-10-9(5-1)16-12-7(3-2-6-13-12)11(10)15-14-8/h1-6H,(H,14,15). The van der Waals surface area contributed by atoms with Gasteiger partial charge in [0.2, 0.25) is 0 Å². The molecule has 4 rings (SSSR count). The molecule has 2 aromatic heterocycles. The summed E-state index contributed by atoms with van der Waals surface area (Å²) < 4.78 is 0. The zero-order valence-corrected chi connectivity index (χ0v) is 9.08. The molecule has 1 aromatic carbocycles. The van der Waals surface area contributed by atoms with Gasteiger partial charge < -0.3 is 0 Å². The van der Waals surface area contributed by atoms with Crippen LogP contribution >= 0.6 is 11.8 Å². The number of pyridine rings is 1. The van der Waals surface area contributed by atoms with Crippen molar-refractivity contribution in [2.45, 2.75) is 9.92 Å². The van der Waals surface area contributed by atoms with E-state index >= 15 is 0 Å². The lowest BCUT2D eigenvalue weighted by atomic mass is 10.1. The zero-order valence-electron chi connectivity index (χ0n) is 8.27. The van der Waals surface area contributed by atoms with Gasteiger partial charge in [-0.15, -0.1) is 0 Å². The summed E-state index contributed by atoms with van der Waals surface area (Å²) in [6, 6.07) is 10.2. The summed E-state index contributed by atoms with van der Waals surface area (Å²) in [5.74, 6) is 0. The van der Waals surface area contributed by atoms with E-state index < -0.39 is 0 Å². The second-order valence-electron chi connectivity index (χ2n) is 3.71. The molecule has 0 saturated carbocycles. The lowest BCUT2D eigenvalue weighted by molar-refractivity contribution is 1.08. The van der Waals surface area contributed by atoms with Gasteiger partial charge in [-0.2, -0.15) is 5.10 Å². The number of nitrogens with one attached hydrogen (secondary N) is 1. The van der Waals surface area contributed by atoms with Crippen LogP contribution in [0, 0.1) is 0 Å². The topological polar surface area (TPSA) is 41.6 Å². The lowest BCUT2D eigenvalue weighted by Gasteiger charge is -2.13. The molecule has 0 radical (unpaired) electrons. The van der Waals surface area contributed by atoms with Gasteiger partial charge in [-0.25, -0.2) is 4.98 Å². The van der Waals surface area contributed by atoms with Crippen LogP contribution in [-0.4, -0.2) is 15.2 Å². The largest absolute Gasteiger partial charge is 0.277 e. The minimum atomic E-state index is 1.02. The number of fused-ring (bicyclic) bond motifs is 2. The normalized spacial score (nSPS) is 12.8. The Morgan fingerprint density at radius 3 is 3.12 bits per heavy atom. The number of aromatic nitrogens is 3. The Hall–Kier alpha value is -1.81. The van der Waals surface area contributed by atoms with Crippen molar-refractivity contribution in [1.29, 1.82) is 0 Å². The minimum Gasteiger partial charge on any atom is -0.277 e. The van der Waals surface area contributed by atoms with E-state index in [1.54, 1.807) is 11.8 Å². The minimum absolute atomic E-state index is 1.02. The van der Waals surface area contributed by atoms with E-state index in [1.807, 2.05) is 18.3 Å². The molecule has 0 spiro atoms. The van der Waals surface area contributed by atoms with Gasteiger partial charge in [-0.3, -0.25) is 5.10 Å². The molecule has 4 heteroatoms. The third kappa shape index (κ3) is 0.945. The third-order valence-electron chi connectivity index (χ3n) is 2.78. The number of benzene rings is 1. The van der Waals surface area contributed by atoms with Crippen molar-refractivity contribution >= 4 is 22.7 Å². The van der Waals surface area contributed by atoms with Gasteiger partial charge >= 0.3 is 0 Å². The Morgan fingerprint density at radius 1 is 1.12 bits per heavy atom. The summed E-state index contributed by atoms with van der Waals surface area (Å²) in [5.41, 5.74) is 3.24. The molecule has 3 nitrogen and oxygen atoms in total. The van der Waals surface area contributed by atoms with Crippen molar-refractivity contribution in [2.24, 2.45) is 0 Å². The van der Waals surface area contributed by atoms with Gasteiger partial charge in [0.15, 0.2) is 0 Å². The number of rotatable bonds is 0. The summed E-state index contributed by atoms with van der Waals surface area (Å²) in [6.07, 6.45) is 1.82. The van der Waals surface area contributed by atoms with Crippen LogP contribution in [0.3, 0.4) is 0 Å². The quantitative estimate of drug-likeness (QED) is 0.500. The number of hydrogen-bond donors (Lipinski definition) is 1. The Morgan fingerprint density at radius 2 is 2.12 bits per heavy atom. The number of aromatic amines is 1.